The van der Waals surface area contributed by atoms with E-state index in [1.54, 1.807) is 0 Å². The zero-order valence-electron chi connectivity index (χ0n) is 34.5. The van der Waals surface area contributed by atoms with Crippen LogP contribution in [0.15, 0.2) is 218 Å². The predicted octanol–water partition coefficient (Wildman–Crippen LogP) is 14.4. The zero-order chi connectivity index (χ0) is 42.1. The molecule has 0 saturated heterocycles. The molecule has 9 aromatic carbocycles. The molecule has 0 aliphatic carbocycles. The second-order valence-corrected chi connectivity index (χ2v) is 16.2. The van der Waals surface area contributed by atoms with Crippen molar-refractivity contribution in [2.75, 3.05) is 0 Å². The SMILES string of the molecule is c1ccc(-c2nc(-c3cccc(-n4c5ccccc5c5ccccc54)c3)nc(-c3ccc4c(c3)c3c5c(ccc3n4-c3ccccc3)c(-c3ccccc3)nc3ccccc35)n2)cc1. The lowest BCUT2D eigenvalue weighted by molar-refractivity contribution is 1.07. The Kier molecular flexibility index (Phi) is 8.11. The normalized spacial score (nSPS) is 11.8. The third kappa shape index (κ3) is 5.66. The minimum absolute atomic E-state index is 0.602. The van der Waals surface area contributed by atoms with Crippen molar-refractivity contribution >= 4 is 65.3 Å². The lowest BCUT2D eigenvalue weighted by Gasteiger charge is -2.12. The van der Waals surface area contributed by atoms with E-state index in [2.05, 4.69) is 209 Å². The van der Waals surface area contributed by atoms with Gasteiger partial charge in [-0.15, -0.1) is 0 Å². The summed E-state index contributed by atoms with van der Waals surface area (Å²) in [7, 11) is 0. The van der Waals surface area contributed by atoms with Crippen molar-refractivity contribution in [3.63, 3.8) is 0 Å². The summed E-state index contributed by atoms with van der Waals surface area (Å²) in [5, 5.41) is 8.08. The van der Waals surface area contributed by atoms with Gasteiger partial charge in [-0.2, -0.15) is 0 Å². The van der Waals surface area contributed by atoms with E-state index < -0.39 is 0 Å². The Morgan fingerprint density at radius 3 is 1.47 bits per heavy atom. The highest BCUT2D eigenvalue weighted by molar-refractivity contribution is 6.29. The van der Waals surface area contributed by atoms with Gasteiger partial charge in [-0.05, 0) is 66.7 Å². The smallest absolute Gasteiger partial charge is 0.164 e. The summed E-state index contributed by atoms with van der Waals surface area (Å²) >= 11 is 0. The van der Waals surface area contributed by atoms with Crippen LogP contribution >= 0.6 is 0 Å². The van der Waals surface area contributed by atoms with Crippen LogP contribution < -0.4 is 0 Å². The van der Waals surface area contributed by atoms with Crippen molar-refractivity contribution in [3.8, 4) is 56.8 Å². The van der Waals surface area contributed by atoms with Crippen LogP contribution in [0.3, 0.4) is 0 Å². The molecular formula is C58H36N6. The topological polar surface area (TPSA) is 61.4 Å². The summed E-state index contributed by atoms with van der Waals surface area (Å²) in [6.07, 6.45) is 0. The van der Waals surface area contributed by atoms with Gasteiger partial charge in [0.25, 0.3) is 0 Å². The molecule has 13 aromatic rings. The van der Waals surface area contributed by atoms with Crippen LogP contribution in [0.1, 0.15) is 0 Å². The molecule has 0 unspecified atom stereocenters. The van der Waals surface area contributed by atoms with Gasteiger partial charge >= 0.3 is 0 Å². The standard InChI is InChI=1S/C58H36N6/c1-4-17-37(18-5-1)55-46-32-34-52-54(53(46)45-27-10-13-28-48(45)59-55)47-36-40(31-33-51(47)63(52)41-22-8-3-9-23-41)58-61-56(38-19-6-2-7-20-38)60-57(62-58)39-21-16-24-42(35-39)64-49-29-14-11-25-43(49)44-26-12-15-30-50(44)64/h1-36H. The molecule has 6 nitrogen and oxygen atoms in total. The van der Waals surface area contributed by atoms with Crippen molar-refractivity contribution in [3.05, 3.63) is 218 Å². The minimum Gasteiger partial charge on any atom is -0.309 e. The summed E-state index contributed by atoms with van der Waals surface area (Å²) in [4.78, 5) is 21.0. The van der Waals surface area contributed by atoms with E-state index >= 15 is 0 Å². The molecule has 0 bridgehead atoms. The van der Waals surface area contributed by atoms with E-state index in [1.165, 1.54) is 16.2 Å². The van der Waals surface area contributed by atoms with Gasteiger partial charge in [-0.25, -0.2) is 19.9 Å². The molecule has 0 spiro atoms. The van der Waals surface area contributed by atoms with Crippen LogP contribution in [-0.4, -0.2) is 29.1 Å². The second kappa shape index (κ2) is 14.4. The molecule has 6 heteroatoms. The largest absolute Gasteiger partial charge is 0.309 e. The molecule has 4 aromatic heterocycles. The van der Waals surface area contributed by atoms with Gasteiger partial charge in [-0.1, -0.05) is 152 Å². The number of fused-ring (bicyclic) bond motifs is 10. The fraction of sp³-hybridized carbons (Fsp3) is 0. The number of hydrogen-bond donors (Lipinski definition) is 0. The van der Waals surface area contributed by atoms with Crippen LogP contribution in [-0.2, 0) is 0 Å². The molecule has 0 fully saturated rings. The number of benzene rings is 9. The zero-order valence-corrected chi connectivity index (χ0v) is 34.5. The van der Waals surface area contributed by atoms with Gasteiger partial charge in [0.05, 0.1) is 33.3 Å². The first-order chi connectivity index (χ1) is 31.7. The number of para-hydroxylation sites is 4. The Labute approximate surface area is 368 Å². The molecular weight excluding hydrogens is 781 g/mol. The molecule has 0 aliphatic rings. The maximum absolute atomic E-state index is 5.32. The van der Waals surface area contributed by atoms with Gasteiger partial charge in [0.15, 0.2) is 17.5 Å². The van der Waals surface area contributed by atoms with Crippen molar-refractivity contribution in [1.82, 2.24) is 29.1 Å². The van der Waals surface area contributed by atoms with E-state index in [9.17, 15) is 0 Å². The quantitative estimate of drug-likeness (QED) is 0.157. The molecule has 0 radical (unpaired) electrons. The molecule has 0 aliphatic heterocycles. The van der Waals surface area contributed by atoms with Crippen LogP contribution in [0.4, 0.5) is 0 Å². The second-order valence-electron chi connectivity index (χ2n) is 16.2. The first-order valence-electron chi connectivity index (χ1n) is 21.6. The Morgan fingerprint density at radius 2 is 0.766 bits per heavy atom. The third-order valence-electron chi connectivity index (χ3n) is 12.5. The van der Waals surface area contributed by atoms with Crippen molar-refractivity contribution in [2.45, 2.75) is 0 Å². The maximum Gasteiger partial charge on any atom is 0.164 e. The Bertz CT molecular complexity index is 3890. The Balaban J connectivity index is 1.07. The van der Waals surface area contributed by atoms with Gasteiger partial charge in [0.2, 0.25) is 0 Å². The monoisotopic (exact) mass is 816 g/mol. The molecule has 0 saturated carbocycles. The summed E-state index contributed by atoms with van der Waals surface area (Å²) in [5.41, 5.74) is 12.4. The molecule has 298 valence electrons. The minimum atomic E-state index is 0.602. The van der Waals surface area contributed by atoms with Gasteiger partial charge in [-0.3, -0.25) is 0 Å². The molecule has 4 heterocycles. The summed E-state index contributed by atoms with van der Waals surface area (Å²) in [6, 6.07) is 76.7. The highest BCUT2D eigenvalue weighted by Crippen LogP contribution is 2.43. The van der Waals surface area contributed by atoms with Crippen LogP contribution in [0.25, 0.3) is 122 Å². The van der Waals surface area contributed by atoms with Gasteiger partial charge in [0, 0.05) is 71.3 Å². The van der Waals surface area contributed by atoms with Crippen LogP contribution in [0.5, 0.6) is 0 Å². The molecule has 13 rings (SSSR count). The lowest BCUT2D eigenvalue weighted by Crippen LogP contribution is -2.01. The Hall–Kier alpha value is -8.74. The highest BCUT2D eigenvalue weighted by atomic mass is 15.0. The van der Waals surface area contributed by atoms with Crippen LogP contribution in [0, 0.1) is 0 Å². The number of rotatable bonds is 6. The lowest BCUT2D eigenvalue weighted by atomic mass is 9.96. The van der Waals surface area contributed by atoms with E-state index in [-0.39, 0.29) is 0 Å². The predicted molar refractivity (Wildman–Crippen MR) is 263 cm³/mol. The van der Waals surface area contributed by atoms with E-state index in [0.717, 1.165) is 88.5 Å². The summed E-state index contributed by atoms with van der Waals surface area (Å²) in [6.45, 7) is 0. The molecule has 64 heavy (non-hydrogen) atoms. The van der Waals surface area contributed by atoms with Crippen molar-refractivity contribution in [2.24, 2.45) is 0 Å². The van der Waals surface area contributed by atoms with E-state index in [1.807, 2.05) is 18.2 Å². The van der Waals surface area contributed by atoms with E-state index in [4.69, 9.17) is 19.9 Å². The van der Waals surface area contributed by atoms with Gasteiger partial charge < -0.3 is 9.13 Å². The van der Waals surface area contributed by atoms with Crippen molar-refractivity contribution in [1.29, 1.82) is 0 Å². The van der Waals surface area contributed by atoms with Crippen LogP contribution in [0.2, 0.25) is 0 Å². The fourth-order valence-electron chi connectivity index (χ4n) is 9.70. The fourth-order valence-corrected chi connectivity index (χ4v) is 9.70. The molecule has 0 N–H and O–H groups in total. The highest BCUT2D eigenvalue weighted by Gasteiger charge is 2.22. The van der Waals surface area contributed by atoms with Gasteiger partial charge in [0.1, 0.15) is 0 Å². The Morgan fingerprint density at radius 1 is 0.266 bits per heavy atom. The number of pyridine rings is 1. The average molecular weight is 817 g/mol. The van der Waals surface area contributed by atoms with Crippen molar-refractivity contribution < 1.29 is 0 Å². The summed E-state index contributed by atoms with van der Waals surface area (Å²) in [5.74, 6) is 1.82. The molecule has 0 atom stereocenters. The summed E-state index contributed by atoms with van der Waals surface area (Å²) < 4.78 is 4.71. The van der Waals surface area contributed by atoms with E-state index in [0.29, 0.717) is 17.5 Å². The average Bonchev–Trinajstić information content (AvgIpc) is 3.89. The first-order valence-corrected chi connectivity index (χ1v) is 21.6. The third-order valence-corrected chi connectivity index (χ3v) is 12.5. The molecule has 0 amide bonds. The number of nitrogens with zero attached hydrogens (tertiary/aromatic N) is 6. The maximum atomic E-state index is 5.32. The number of aromatic nitrogens is 6. The first kappa shape index (κ1) is 36.0. The number of hydrogen-bond acceptors (Lipinski definition) is 4.